The van der Waals surface area contributed by atoms with Crippen LogP contribution in [0.4, 0.5) is 0 Å². The van der Waals surface area contributed by atoms with Crippen molar-refractivity contribution in [3.05, 3.63) is 34.1 Å². The summed E-state index contributed by atoms with van der Waals surface area (Å²) in [5.41, 5.74) is 0.629. The van der Waals surface area contributed by atoms with E-state index in [1.54, 1.807) is 18.2 Å². The van der Waals surface area contributed by atoms with Gasteiger partial charge in [-0.1, -0.05) is 34.4 Å². The molecule has 78 valence electrons. The maximum Gasteiger partial charge on any atom is 0.241 e. The molecule has 3 nitrogen and oxygen atoms in total. The second-order valence-electron chi connectivity index (χ2n) is 2.75. The number of rotatable bonds is 2. The first-order valence-corrected chi connectivity index (χ1v) is 5.34. The summed E-state index contributed by atoms with van der Waals surface area (Å²) >= 11 is 17.4. The summed E-state index contributed by atoms with van der Waals surface area (Å²) in [5.74, 6) is 0.909. The molecule has 0 saturated carbocycles. The summed E-state index contributed by atoms with van der Waals surface area (Å²) < 4.78 is 4.87. The third-order valence-electron chi connectivity index (χ3n) is 1.77. The van der Waals surface area contributed by atoms with E-state index >= 15 is 0 Å². The minimum atomic E-state index is 0.172. The van der Waals surface area contributed by atoms with E-state index in [2.05, 4.69) is 10.1 Å². The van der Waals surface area contributed by atoms with Crippen LogP contribution in [0.15, 0.2) is 22.7 Å². The standard InChI is InChI=1S/C9H5Cl3N2O/c10-4-7-13-9(14-15-7)5-2-1-3-6(11)8(5)12/h1-3H,4H2. The molecule has 1 aromatic carbocycles. The summed E-state index contributed by atoms with van der Waals surface area (Å²) in [6.07, 6.45) is 0. The molecule has 2 aromatic rings. The van der Waals surface area contributed by atoms with Crippen LogP contribution >= 0.6 is 34.8 Å². The Morgan fingerprint density at radius 1 is 1.27 bits per heavy atom. The van der Waals surface area contributed by atoms with E-state index in [4.69, 9.17) is 39.3 Å². The van der Waals surface area contributed by atoms with Gasteiger partial charge in [0.1, 0.15) is 5.88 Å². The van der Waals surface area contributed by atoms with Gasteiger partial charge in [-0.25, -0.2) is 0 Å². The molecular formula is C9H5Cl3N2O. The van der Waals surface area contributed by atoms with Gasteiger partial charge in [-0.05, 0) is 12.1 Å². The van der Waals surface area contributed by atoms with Gasteiger partial charge in [0.2, 0.25) is 11.7 Å². The number of benzene rings is 1. The lowest BCUT2D eigenvalue weighted by Crippen LogP contribution is -1.83. The van der Waals surface area contributed by atoms with Crippen LogP contribution in [-0.2, 0) is 5.88 Å². The van der Waals surface area contributed by atoms with E-state index < -0.39 is 0 Å². The van der Waals surface area contributed by atoms with Crippen LogP contribution in [0.2, 0.25) is 10.0 Å². The van der Waals surface area contributed by atoms with Crippen molar-refractivity contribution in [3.8, 4) is 11.4 Å². The number of alkyl halides is 1. The second-order valence-corrected chi connectivity index (χ2v) is 3.80. The van der Waals surface area contributed by atoms with Gasteiger partial charge in [0.05, 0.1) is 10.0 Å². The van der Waals surface area contributed by atoms with Crippen molar-refractivity contribution in [2.75, 3.05) is 0 Å². The van der Waals surface area contributed by atoms with Gasteiger partial charge < -0.3 is 4.52 Å². The Balaban J connectivity index is 2.49. The van der Waals surface area contributed by atoms with Crippen LogP contribution in [0, 0.1) is 0 Å². The molecule has 0 aliphatic carbocycles. The Bertz CT molecular complexity index is 484. The molecule has 6 heteroatoms. The quantitative estimate of drug-likeness (QED) is 0.774. The average Bonchev–Trinajstić information content (AvgIpc) is 2.70. The number of hydrogen-bond acceptors (Lipinski definition) is 3. The SMILES string of the molecule is ClCc1nc(-c2cccc(Cl)c2Cl)no1. The van der Waals surface area contributed by atoms with Gasteiger partial charge in [0.25, 0.3) is 0 Å². The van der Waals surface area contributed by atoms with Crippen molar-refractivity contribution < 1.29 is 4.52 Å². The molecule has 0 unspecified atom stereocenters. The predicted octanol–water partition coefficient (Wildman–Crippen LogP) is 3.78. The number of aromatic nitrogens is 2. The predicted molar refractivity (Wildman–Crippen MR) is 59.3 cm³/mol. The Labute approximate surface area is 101 Å². The van der Waals surface area contributed by atoms with E-state index in [1.165, 1.54) is 0 Å². The van der Waals surface area contributed by atoms with Crippen molar-refractivity contribution >= 4 is 34.8 Å². The molecule has 0 fully saturated rings. The van der Waals surface area contributed by atoms with Crippen LogP contribution in [0.1, 0.15) is 5.89 Å². The van der Waals surface area contributed by atoms with E-state index in [9.17, 15) is 0 Å². The fraction of sp³-hybridized carbons (Fsp3) is 0.111. The van der Waals surface area contributed by atoms with Crippen LogP contribution in [0.3, 0.4) is 0 Å². The average molecular weight is 264 g/mol. The van der Waals surface area contributed by atoms with Gasteiger partial charge in [-0.15, -0.1) is 11.6 Å². The van der Waals surface area contributed by atoms with Crippen molar-refractivity contribution in [1.82, 2.24) is 10.1 Å². The zero-order valence-electron chi connectivity index (χ0n) is 7.38. The molecule has 0 aliphatic heterocycles. The Morgan fingerprint density at radius 2 is 2.07 bits per heavy atom. The minimum Gasteiger partial charge on any atom is -0.338 e. The third-order valence-corrected chi connectivity index (χ3v) is 2.82. The Hall–Kier alpha value is -0.770. The zero-order valence-corrected chi connectivity index (χ0v) is 9.64. The van der Waals surface area contributed by atoms with Crippen molar-refractivity contribution in [2.24, 2.45) is 0 Å². The maximum atomic E-state index is 5.99. The highest BCUT2D eigenvalue weighted by molar-refractivity contribution is 6.43. The molecular weight excluding hydrogens is 258 g/mol. The first kappa shape index (κ1) is 10.7. The largest absolute Gasteiger partial charge is 0.338 e. The molecule has 1 heterocycles. The number of nitrogens with zero attached hydrogens (tertiary/aromatic N) is 2. The molecule has 0 N–H and O–H groups in total. The Kier molecular flexibility index (Phi) is 3.14. The Morgan fingerprint density at radius 3 is 2.73 bits per heavy atom. The molecule has 0 bridgehead atoms. The van der Waals surface area contributed by atoms with Crippen LogP contribution in [0.5, 0.6) is 0 Å². The maximum absolute atomic E-state index is 5.99. The summed E-state index contributed by atoms with van der Waals surface area (Å²) in [6, 6.07) is 5.22. The van der Waals surface area contributed by atoms with E-state index in [-0.39, 0.29) is 5.88 Å². The molecule has 0 atom stereocenters. The van der Waals surface area contributed by atoms with Gasteiger partial charge in [0.15, 0.2) is 0 Å². The summed E-state index contributed by atoms with van der Waals surface area (Å²) in [6.45, 7) is 0. The fourth-order valence-corrected chi connectivity index (χ4v) is 1.59. The van der Waals surface area contributed by atoms with Gasteiger partial charge >= 0.3 is 0 Å². The molecule has 2 rings (SSSR count). The lowest BCUT2D eigenvalue weighted by Gasteiger charge is -1.99. The molecule has 0 aliphatic rings. The van der Waals surface area contributed by atoms with Crippen molar-refractivity contribution in [2.45, 2.75) is 5.88 Å². The van der Waals surface area contributed by atoms with E-state index in [0.717, 1.165) is 0 Å². The van der Waals surface area contributed by atoms with Gasteiger partial charge in [-0.3, -0.25) is 0 Å². The lowest BCUT2D eigenvalue weighted by atomic mass is 10.2. The highest BCUT2D eigenvalue weighted by Crippen LogP contribution is 2.31. The molecule has 0 amide bonds. The summed E-state index contributed by atoms with van der Waals surface area (Å²) in [4.78, 5) is 4.05. The van der Waals surface area contributed by atoms with Crippen molar-refractivity contribution in [3.63, 3.8) is 0 Å². The molecule has 0 spiro atoms. The third kappa shape index (κ3) is 2.09. The molecule has 0 radical (unpaired) electrons. The highest BCUT2D eigenvalue weighted by atomic mass is 35.5. The first-order valence-electron chi connectivity index (χ1n) is 4.05. The van der Waals surface area contributed by atoms with E-state index in [1.807, 2.05) is 0 Å². The number of halogens is 3. The summed E-state index contributed by atoms with van der Waals surface area (Å²) in [7, 11) is 0. The van der Waals surface area contributed by atoms with E-state index in [0.29, 0.717) is 27.3 Å². The lowest BCUT2D eigenvalue weighted by molar-refractivity contribution is 0.391. The van der Waals surface area contributed by atoms with Crippen molar-refractivity contribution in [1.29, 1.82) is 0 Å². The molecule has 15 heavy (non-hydrogen) atoms. The van der Waals surface area contributed by atoms with Gasteiger partial charge in [0, 0.05) is 5.56 Å². The minimum absolute atomic E-state index is 0.172. The monoisotopic (exact) mass is 262 g/mol. The van der Waals surface area contributed by atoms with Crippen LogP contribution < -0.4 is 0 Å². The van der Waals surface area contributed by atoms with Gasteiger partial charge in [-0.2, -0.15) is 4.98 Å². The summed E-state index contributed by atoms with van der Waals surface area (Å²) in [5, 5.41) is 4.60. The first-order chi connectivity index (χ1) is 7.22. The molecule has 1 aromatic heterocycles. The topological polar surface area (TPSA) is 38.9 Å². The second kappa shape index (κ2) is 4.39. The number of hydrogen-bond donors (Lipinski definition) is 0. The zero-order chi connectivity index (χ0) is 10.8. The van der Waals surface area contributed by atoms with Crippen LogP contribution in [-0.4, -0.2) is 10.1 Å². The van der Waals surface area contributed by atoms with Crippen LogP contribution in [0.25, 0.3) is 11.4 Å². The normalized spacial score (nSPS) is 10.6. The molecule has 0 saturated heterocycles. The smallest absolute Gasteiger partial charge is 0.241 e. The fourth-order valence-electron chi connectivity index (χ4n) is 1.10. The highest BCUT2D eigenvalue weighted by Gasteiger charge is 2.12.